The third-order valence-electron chi connectivity index (χ3n) is 1.85. The molecule has 6 heteroatoms. The predicted octanol–water partition coefficient (Wildman–Crippen LogP) is 1.25. The van der Waals surface area contributed by atoms with E-state index in [4.69, 9.17) is 9.25 Å². The molecule has 1 aromatic heterocycles. The van der Waals surface area contributed by atoms with Crippen molar-refractivity contribution in [2.24, 2.45) is 0 Å². The number of furan rings is 1. The predicted molar refractivity (Wildman–Crippen MR) is 64.6 cm³/mol. The van der Waals surface area contributed by atoms with Crippen LogP contribution in [0.5, 0.6) is 0 Å². The molecule has 0 saturated heterocycles. The van der Waals surface area contributed by atoms with Crippen LogP contribution in [0.4, 0.5) is 0 Å². The van der Waals surface area contributed by atoms with Gasteiger partial charge in [-0.05, 0) is 32.9 Å². The minimum Gasteiger partial charge on any atom is -0.459 e. The molecule has 0 aliphatic carbocycles. The molecule has 0 aliphatic rings. The minimum absolute atomic E-state index is 0.141. The van der Waals surface area contributed by atoms with Crippen LogP contribution in [0.3, 0.4) is 0 Å². The first kappa shape index (κ1) is 14.2. The molecule has 6 nitrogen and oxygen atoms in total. The maximum atomic E-state index is 11.4. The number of rotatable bonds is 5. The zero-order chi connectivity index (χ0) is 13.6. The average molecular weight is 254 g/mol. The summed E-state index contributed by atoms with van der Waals surface area (Å²) in [4.78, 5) is 27.9. The molecule has 0 atom stereocenters. The van der Waals surface area contributed by atoms with E-state index in [2.05, 4.69) is 10.8 Å². The first-order valence-electron chi connectivity index (χ1n) is 5.67. The Balaban J connectivity index is 2.18. The smallest absolute Gasteiger partial charge is 0.286 e. The van der Waals surface area contributed by atoms with Crippen molar-refractivity contribution in [3.8, 4) is 0 Å². The normalized spacial score (nSPS) is 11.1. The fraction of sp³-hybridized carbons (Fsp3) is 0.500. The van der Waals surface area contributed by atoms with Gasteiger partial charge in [0.1, 0.15) is 0 Å². The van der Waals surface area contributed by atoms with Gasteiger partial charge in [-0.2, -0.15) is 0 Å². The van der Waals surface area contributed by atoms with E-state index >= 15 is 0 Å². The van der Waals surface area contributed by atoms with E-state index in [9.17, 15) is 9.59 Å². The van der Waals surface area contributed by atoms with Crippen LogP contribution in [0.15, 0.2) is 22.8 Å². The van der Waals surface area contributed by atoms with Crippen LogP contribution in [0.25, 0.3) is 0 Å². The second-order valence-corrected chi connectivity index (χ2v) is 4.72. The van der Waals surface area contributed by atoms with Gasteiger partial charge in [-0.25, -0.2) is 5.48 Å². The molecule has 0 spiro atoms. The molecule has 0 aromatic carbocycles. The summed E-state index contributed by atoms with van der Waals surface area (Å²) in [6.07, 6.45) is 1.56. The number of amides is 2. The molecule has 2 N–H and O–H groups in total. The van der Waals surface area contributed by atoms with Crippen molar-refractivity contribution in [3.63, 3.8) is 0 Å². The maximum Gasteiger partial charge on any atom is 0.286 e. The Morgan fingerprint density at radius 1 is 1.39 bits per heavy atom. The number of hydroxylamine groups is 1. The topological polar surface area (TPSA) is 80.6 Å². The third kappa shape index (κ3) is 5.49. The molecule has 0 bridgehead atoms. The van der Waals surface area contributed by atoms with Gasteiger partial charge in [-0.3, -0.25) is 14.4 Å². The first-order valence-corrected chi connectivity index (χ1v) is 5.67. The van der Waals surface area contributed by atoms with Crippen molar-refractivity contribution >= 4 is 11.8 Å². The lowest BCUT2D eigenvalue weighted by Gasteiger charge is -2.18. The summed E-state index contributed by atoms with van der Waals surface area (Å²) in [5.41, 5.74) is 1.88. The Morgan fingerprint density at radius 2 is 2.11 bits per heavy atom. The summed E-state index contributed by atoms with van der Waals surface area (Å²) >= 11 is 0. The van der Waals surface area contributed by atoms with E-state index in [-0.39, 0.29) is 30.5 Å². The molecule has 1 rings (SSSR count). The Morgan fingerprint density at radius 3 is 2.67 bits per heavy atom. The highest BCUT2D eigenvalue weighted by molar-refractivity contribution is 5.91. The number of hydrogen-bond acceptors (Lipinski definition) is 4. The lowest BCUT2D eigenvalue weighted by atomic mass is 10.2. The molecule has 0 radical (unpaired) electrons. The molecule has 1 heterocycles. The van der Waals surface area contributed by atoms with E-state index in [1.165, 1.54) is 6.26 Å². The van der Waals surface area contributed by atoms with E-state index in [0.29, 0.717) is 0 Å². The van der Waals surface area contributed by atoms with Gasteiger partial charge in [0, 0.05) is 13.0 Å². The lowest BCUT2D eigenvalue weighted by molar-refractivity contribution is -0.145. The van der Waals surface area contributed by atoms with Gasteiger partial charge < -0.3 is 9.73 Å². The summed E-state index contributed by atoms with van der Waals surface area (Å²) in [7, 11) is 0. The van der Waals surface area contributed by atoms with E-state index in [0.717, 1.165) is 0 Å². The molecule has 0 saturated carbocycles. The van der Waals surface area contributed by atoms with E-state index in [1.807, 2.05) is 20.8 Å². The largest absolute Gasteiger partial charge is 0.459 e. The standard InChI is InChI=1S/C12H18N2O4/c1-12(2,3)18-14-10(15)6-7-13-11(16)9-5-4-8-17-9/h4-5,8H,6-7H2,1-3H3,(H,13,16)(H,14,15). The number of nitrogens with one attached hydrogen (secondary N) is 2. The number of carbonyl (C=O) groups excluding carboxylic acids is 2. The number of hydrogen-bond donors (Lipinski definition) is 2. The van der Waals surface area contributed by atoms with Crippen molar-refractivity contribution in [2.45, 2.75) is 32.8 Å². The second-order valence-electron chi connectivity index (χ2n) is 4.72. The van der Waals surface area contributed by atoms with Crippen LogP contribution in [-0.4, -0.2) is 24.0 Å². The van der Waals surface area contributed by atoms with Crippen LogP contribution >= 0.6 is 0 Å². The lowest BCUT2D eigenvalue weighted by Crippen LogP contribution is -2.35. The molecular weight excluding hydrogens is 236 g/mol. The minimum atomic E-state index is -0.437. The Bertz CT molecular complexity index is 393. The molecular formula is C12H18N2O4. The van der Waals surface area contributed by atoms with Gasteiger partial charge in [-0.1, -0.05) is 0 Å². The summed E-state index contributed by atoms with van der Waals surface area (Å²) in [5, 5.41) is 2.56. The molecule has 2 amide bonds. The van der Waals surface area contributed by atoms with Gasteiger partial charge in [0.25, 0.3) is 5.91 Å². The molecule has 0 fully saturated rings. The van der Waals surface area contributed by atoms with Gasteiger partial charge in [0.05, 0.1) is 11.9 Å². The molecule has 18 heavy (non-hydrogen) atoms. The van der Waals surface area contributed by atoms with E-state index in [1.54, 1.807) is 12.1 Å². The summed E-state index contributed by atoms with van der Waals surface area (Å²) < 4.78 is 4.91. The zero-order valence-corrected chi connectivity index (χ0v) is 10.8. The van der Waals surface area contributed by atoms with Crippen LogP contribution in [0.2, 0.25) is 0 Å². The fourth-order valence-electron chi connectivity index (χ4n) is 1.05. The molecule has 1 aromatic rings. The van der Waals surface area contributed by atoms with Crippen LogP contribution in [-0.2, 0) is 9.63 Å². The summed E-state index contributed by atoms with van der Waals surface area (Å²) in [5.74, 6) is -0.407. The van der Waals surface area contributed by atoms with Crippen LogP contribution in [0, 0.1) is 0 Å². The summed E-state index contributed by atoms with van der Waals surface area (Å²) in [6, 6.07) is 3.18. The van der Waals surface area contributed by atoms with Crippen LogP contribution in [0.1, 0.15) is 37.7 Å². The Labute approximate surface area is 106 Å². The highest BCUT2D eigenvalue weighted by Gasteiger charge is 2.13. The van der Waals surface area contributed by atoms with Crippen LogP contribution < -0.4 is 10.8 Å². The highest BCUT2D eigenvalue weighted by Crippen LogP contribution is 2.03. The zero-order valence-electron chi connectivity index (χ0n) is 10.8. The van der Waals surface area contributed by atoms with Crippen molar-refractivity contribution in [1.82, 2.24) is 10.8 Å². The van der Waals surface area contributed by atoms with Gasteiger partial charge in [-0.15, -0.1) is 0 Å². The van der Waals surface area contributed by atoms with Crippen molar-refractivity contribution < 1.29 is 18.8 Å². The SMILES string of the molecule is CC(C)(C)ONC(=O)CCNC(=O)c1ccco1. The average Bonchev–Trinajstić information content (AvgIpc) is 2.78. The van der Waals surface area contributed by atoms with Gasteiger partial charge >= 0.3 is 0 Å². The maximum absolute atomic E-state index is 11.4. The van der Waals surface area contributed by atoms with Crippen molar-refractivity contribution in [1.29, 1.82) is 0 Å². The first-order chi connectivity index (χ1) is 8.38. The quantitative estimate of drug-likeness (QED) is 0.775. The summed E-state index contributed by atoms with van der Waals surface area (Å²) in [6.45, 7) is 5.70. The third-order valence-corrected chi connectivity index (χ3v) is 1.85. The molecule has 100 valence electrons. The molecule has 0 aliphatic heterocycles. The Kier molecular flexibility index (Phi) is 4.91. The van der Waals surface area contributed by atoms with E-state index < -0.39 is 5.60 Å². The fourth-order valence-corrected chi connectivity index (χ4v) is 1.05. The van der Waals surface area contributed by atoms with Crippen molar-refractivity contribution in [3.05, 3.63) is 24.2 Å². The molecule has 0 unspecified atom stereocenters. The Hall–Kier alpha value is -1.82. The second kappa shape index (κ2) is 6.20. The monoisotopic (exact) mass is 254 g/mol. The van der Waals surface area contributed by atoms with Crippen molar-refractivity contribution in [2.75, 3.05) is 6.54 Å². The van der Waals surface area contributed by atoms with Gasteiger partial charge in [0.2, 0.25) is 5.91 Å². The highest BCUT2D eigenvalue weighted by atomic mass is 16.7. The van der Waals surface area contributed by atoms with Gasteiger partial charge in [0.15, 0.2) is 5.76 Å². The number of carbonyl (C=O) groups is 2.